The Morgan fingerprint density at radius 3 is 2.89 bits per heavy atom. The number of carbonyl (C=O) groups excluding carboxylic acids is 1. The van der Waals surface area contributed by atoms with E-state index in [-0.39, 0.29) is 10.4 Å². The monoisotopic (exact) mass is 318 g/mol. The lowest BCUT2D eigenvalue weighted by Gasteiger charge is -2.08. The van der Waals surface area contributed by atoms with Crippen molar-refractivity contribution >= 4 is 21.8 Å². The van der Waals surface area contributed by atoms with Gasteiger partial charge in [-0.25, -0.2) is 4.39 Å². The lowest BCUT2D eigenvalue weighted by atomic mass is 10.2. The predicted molar refractivity (Wildman–Crippen MR) is 71.2 cm³/mol. The molecule has 0 aliphatic carbocycles. The summed E-state index contributed by atoms with van der Waals surface area (Å²) in [4.78, 5) is 11.7. The van der Waals surface area contributed by atoms with E-state index in [0.29, 0.717) is 25.3 Å². The maximum absolute atomic E-state index is 13.2. The summed E-state index contributed by atoms with van der Waals surface area (Å²) in [6, 6.07) is 4.37. The number of amides is 1. The van der Waals surface area contributed by atoms with E-state index in [0.717, 1.165) is 6.54 Å². The van der Waals surface area contributed by atoms with Gasteiger partial charge in [0.2, 0.25) is 0 Å². The van der Waals surface area contributed by atoms with Crippen molar-refractivity contribution in [3.05, 3.63) is 34.1 Å². The average Bonchev–Trinajstić information content (AvgIpc) is 2.36. The van der Waals surface area contributed by atoms with E-state index >= 15 is 0 Å². The van der Waals surface area contributed by atoms with E-state index in [4.69, 9.17) is 4.74 Å². The first-order chi connectivity index (χ1) is 8.66. The first-order valence-corrected chi connectivity index (χ1v) is 6.38. The van der Waals surface area contributed by atoms with Crippen LogP contribution in [0.15, 0.2) is 22.7 Å². The smallest absolute Gasteiger partial charge is 0.252 e. The van der Waals surface area contributed by atoms with Crippen molar-refractivity contribution in [1.82, 2.24) is 10.6 Å². The molecule has 0 saturated heterocycles. The van der Waals surface area contributed by atoms with Gasteiger partial charge in [0.25, 0.3) is 5.91 Å². The number of hydrogen-bond acceptors (Lipinski definition) is 3. The summed E-state index contributed by atoms with van der Waals surface area (Å²) in [5.74, 6) is -0.740. The predicted octanol–water partition coefficient (Wildman–Crippen LogP) is 1.55. The van der Waals surface area contributed by atoms with Crippen LogP contribution in [0.1, 0.15) is 10.4 Å². The fraction of sp³-hybridized carbons (Fsp3) is 0.417. The summed E-state index contributed by atoms with van der Waals surface area (Å²) in [6.07, 6.45) is 0. The highest BCUT2D eigenvalue weighted by atomic mass is 79.9. The van der Waals surface area contributed by atoms with Gasteiger partial charge in [0.1, 0.15) is 5.82 Å². The molecule has 0 radical (unpaired) electrons. The van der Waals surface area contributed by atoms with Crippen LogP contribution in [0.5, 0.6) is 0 Å². The maximum Gasteiger partial charge on any atom is 0.252 e. The Balaban J connectivity index is 2.35. The molecule has 0 aliphatic heterocycles. The van der Waals surface area contributed by atoms with Gasteiger partial charge in [-0.1, -0.05) is 6.07 Å². The van der Waals surface area contributed by atoms with Crippen LogP contribution >= 0.6 is 15.9 Å². The third-order valence-electron chi connectivity index (χ3n) is 2.27. The van der Waals surface area contributed by atoms with Crippen LogP contribution in [0.25, 0.3) is 0 Å². The third-order valence-corrected chi connectivity index (χ3v) is 3.07. The van der Waals surface area contributed by atoms with E-state index in [1.807, 2.05) is 0 Å². The van der Waals surface area contributed by atoms with E-state index in [1.54, 1.807) is 13.2 Å². The molecular formula is C12H16BrFN2O2. The number of nitrogens with one attached hydrogen (secondary N) is 2. The molecule has 1 rings (SSSR count). The van der Waals surface area contributed by atoms with Crippen LogP contribution in [-0.2, 0) is 4.74 Å². The summed E-state index contributed by atoms with van der Waals surface area (Å²) < 4.78 is 18.3. The topological polar surface area (TPSA) is 50.4 Å². The molecule has 1 amide bonds. The number of benzene rings is 1. The number of ether oxygens (including phenoxy) is 1. The Kier molecular flexibility index (Phi) is 6.85. The Hall–Kier alpha value is -0.980. The quantitative estimate of drug-likeness (QED) is 0.750. The number of hydrogen-bond donors (Lipinski definition) is 2. The van der Waals surface area contributed by atoms with Gasteiger partial charge in [-0.15, -0.1) is 0 Å². The van der Waals surface area contributed by atoms with Gasteiger partial charge in [0, 0.05) is 26.7 Å². The van der Waals surface area contributed by atoms with Gasteiger partial charge in [0.05, 0.1) is 16.6 Å². The van der Waals surface area contributed by atoms with Crippen molar-refractivity contribution in [3.63, 3.8) is 0 Å². The summed E-state index contributed by atoms with van der Waals surface area (Å²) >= 11 is 3.06. The minimum Gasteiger partial charge on any atom is -0.383 e. The highest BCUT2D eigenvalue weighted by Crippen LogP contribution is 2.19. The van der Waals surface area contributed by atoms with Gasteiger partial charge < -0.3 is 15.4 Å². The largest absolute Gasteiger partial charge is 0.383 e. The van der Waals surface area contributed by atoms with Gasteiger partial charge in [0.15, 0.2) is 0 Å². The Morgan fingerprint density at radius 2 is 2.17 bits per heavy atom. The minimum absolute atomic E-state index is 0.190. The van der Waals surface area contributed by atoms with Crippen molar-refractivity contribution in [2.24, 2.45) is 0 Å². The Morgan fingerprint density at radius 1 is 1.39 bits per heavy atom. The Labute approximate surface area is 114 Å². The molecule has 0 spiro atoms. The molecule has 1 aromatic rings. The normalized spacial score (nSPS) is 10.4. The van der Waals surface area contributed by atoms with Crippen LogP contribution < -0.4 is 10.6 Å². The molecule has 100 valence electrons. The molecule has 18 heavy (non-hydrogen) atoms. The van der Waals surface area contributed by atoms with E-state index < -0.39 is 5.82 Å². The van der Waals surface area contributed by atoms with E-state index in [9.17, 15) is 9.18 Å². The molecular weight excluding hydrogens is 303 g/mol. The average molecular weight is 319 g/mol. The number of carbonyl (C=O) groups is 1. The standard InChI is InChI=1S/C12H16BrFN2O2/c1-18-8-7-15-5-6-16-12(17)9-3-2-4-10(14)11(9)13/h2-4,15H,5-8H2,1H3,(H,16,17). The van der Waals surface area contributed by atoms with Gasteiger partial charge >= 0.3 is 0 Å². The zero-order chi connectivity index (χ0) is 13.4. The number of halogens is 2. The number of methoxy groups -OCH3 is 1. The summed E-state index contributed by atoms with van der Waals surface area (Å²) in [5.41, 5.74) is 0.298. The van der Waals surface area contributed by atoms with Crippen LogP contribution in [-0.4, -0.2) is 39.3 Å². The molecule has 1 aromatic carbocycles. The fourth-order valence-electron chi connectivity index (χ4n) is 1.34. The second-order valence-corrected chi connectivity index (χ2v) is 4.39. The van der Waals surface area contributed by atoms with Gasteiger partial charge in [-0.2, -0.15) is 0 Å². The SMILES string of the molecule is COCCNCCNC(=O)c1cccc(F)c1Br. The zero-order valence-corrected chi connectivity index (χ0v) is 11.7. The summed E-state index contributed by atoms with van der Waals surface area (Å²) in [6.45, 7) is 2.48. The Bertz CT molecular complexity index is 402. The molecule has 0 heterocycles. The minimum atomic E-state index is -0.444. The van der Waals surface area contributed by atoms with Gasteiger partial charge in [-0.05, 0) is 28.1 Å². The van der Waals surface area contributed by atoms with Crippen LogP contribution in [0.2, 0.25) is 0 Å². The maximum atomic E-state index is 13.2. The van der Waals surface area contributed by atoms with E-state index in [1.165, 1.54) is 12.1 Å². The second kappa shape index (κ2) is 8.18. The highest BCUT2D eigenvalue weighted by molar-refractivity contribution is 9.10. The fourth-order valence-corrected chi connectivity index (χ4v) is 1.78. The molecule has 0 saturated carbocycles. The zero-order valence-electron chi connectivity index (χ0n) is 10.1. The second-order valence-electron chi connectivity index (χ2n) is 3.60. The highest BCUT2D eigenvalue weighted by Gasteiger charge is 2.11. The third kappa shape index (κ3) is 4.72. The molecule has 6 heteroatoms. The molecule has 0 fully saturated rings. The number of rotatable bonds is 7. The molecule has 0 atom stereocenters. The van der Waals surface area contributed by atoms with Crippen molar-refractivity contribution in [2.45, 2.75) is 0 Å². The molecule has 0 aliphatic rings. The van der Waals surface area contributed by atoms with Crippen molar-refractivity contribution in [3.8, 4) is 0 Å². The first-order valence-electron chi connectivity index (χ1n) is 5.58. The molecule has 0 bridgehead atoms. The van der Waals surface area contributed by atoms with Crippen molar-refractivity contribution in [2.75, 3.05) is 33.4 Å². The molecule has 0 unspecified atom stereocenters. The summed E-state index contributed by atoms with van der Waals surface area (Å²) in [5, 5.41) is 5.80. The van der Waals surface area contributed by atoms with Crippen LogP contribution in [0, 0.1) is 5.82 Å². The molecule has 2 N–H and O–H groups in total. The van der Waals surface area contributed by atoms with Gasteiger partial charge in [-0.3, -0.25) is 4.79 Å². The van der Waals surface area contributed by atoms with Crippen molar-refractivity contribution < 1.29 is 13.9 Å². The molecule has 4 nitrogen and oxygen atoms in total. The van der Waals surface area contributed by atoms with E-state index in [2.05, 4.69) is 26.6 Å². The van der Waals surface area contributed by atoms with Crippen LogP contribution in [0.4, 0.5) is 4.39 Å². The first kappa shape index (κ1) is 15.1. The van der Waals surface area contributed by atoms with Crippen LogP contribution in [0.3, 0.4) is 0 Å². The lowest BCUT2D eigenvalue weighted by Crippen LogP contribution is -2.33. The summed E-state index contributed by atoms with van der Waals surface area (Å²) in [7, 11) is 1.63. The van der Waals surface area contributed by atoms with Crippen molar-refractivity contribution in [1.29, 1.82) is 0 Å². The lowest BCUT2D eigenvalue weighted by molar-refractivity contribution is 0.0952. The molecule has 0 aromatic heterocycles.